The van der Waals surface area contributed by atoms with E-state index in [2.05, 4.69) is 6.07 Å². The lowest BCUT2D eigenvalue weighted by atomic mass is 10.2. The van der Waals surface area contributed by atoms with Gasteiger partial charge in [0.15, 0.2) is 0 Å². The van der Waals surface area contributed by atoms with Crippen molar-refractivity contribution in [3.05, 3.63) is 35.9 Å². The molecule has 0 aliphatic heterocycles. The van der Waals surface area contributed by atoms with E-state index in [9.17, 15) is 0 Å². The quantitative estimate of drug-likeness (QED) is 0.659. The predicted molar refractivity (Wildman–Crippen MR) is 48.0 cm³/mol. The Labute approximate surface area is 78.2 Å². The molecule has 0 heterocycles. The number of rotatable bonds is 4. The van der Waals surface area contributed by atoms with E-state index in [1.165, 1.54) is 21.3 Å². The van der Waals surface area contributed by atoms with Crippen molar-refractivity contribution in [1.29, 1.82) is 0 Å². The van der Waals surface area contributed by atoms with Gasteiger partial charge in [-0.1, -0.05) is 18.2 Å². The molecule has 1 radical (unpaired) electrons. The molecule has 1 aromatic carbocycles. The van der Waals surface area contributed by atoms with Gasteiger partial charge in [-0.3, -0.25) is 0 Å². The van der Waals surface area contributed by atoms with Gasteiger partial charge in [-0.2, -0.15) is 0 Å². The fraction of sp³-hybridized carbons (Fsp3) is 0.400. The molecule has 3 nitrogen and oxygen atoms in total. The van der Waals surface area contributed by atoms with E-state index in [-0.39, 0.29) is 0 Å². The first-order valence-electron chi connectivity index (χ1n) is 3.91. The third kappa shape index (κ3) is 1.88. The van der Waals surface area contributed by atoms with Crippen molar-refractivity contribution in [2.45, 2.75) is 5.97 Å². The van der Waals surface area contributed by atoms with Crippen molar-refractivity contribution in [1.82, 2.24) is 0 Å². The molecule has 0 atom stereocenters. The van der Waals surface area contributed by atoms with Crippen LogP contribution in [0.15, 0.2) is 24.3 Å². The SMILES string of the molecule is COC(OC)(OC)c1c[c]ccc1. The van der Waals surface area contributed by atoms with Crippen LogP contribution in [0.3, 0.4) is 0 Å². The highest BCUT2D eigenvalue weighted by molar-refractivity contribution is 5.17. The molecule has 0 saturated heterocycles. The maximum Gasteiger partial charge on any atom is 0.311 e. The molecule has 0 bridgehead atoms. The highest BCUT2D eigenvalue weighted by Crippen LogP contribution is 2.25. The van der Waals surface area contributed by atoms with Gasteiger partial charge < -0.3 is 14.2 Å². The minimum Gasteiger partial charge on any atom is -0.327 e. The van der Waals surface area contributed by atoms with Crippen LogP contribution < -0.4 is 0 Å². The van der Waals surface area contributed by atoms with Gasteiger partial charge in [0.1, 0.15) is 0 Å². The van der Waals surface area contributed by atoms with Crippen LogP contribution in [0.5, 0.6) is 0 Å². The van der Waals surface area contributed by atoms with Gasteiger partial charge in [0.05, 0.1) is 0 Å². The maximum absolute atomic E-state index is 5.16. The Hall–Kier alpha value is -0.900. The first-order valence-corrected chi connectivity index (χ1v) is 3.91. The van der Waals surface area contributed by atoms with Crippen molar-refractivity contribution in [3.8, 4) is 0 Å². The summed E-state index contributed by atoms with van der Waals surface area (Å²) in [5, 5.41) is 0. The fourth-order valence-electron chi connectivity index (χ4n) is 1.19. The second-order valence-corrected chi connectivity index (χ2v) is 2.46. The number of hydrogen-bond donors (Lipinski definition) is 0. The lowest BCUT2D eigenvalue weighted by Crippen LogP contribution is -2.32. The molecule has 0 N–H and O–H groups in total. The van der Waals surface area contributed by atoms with E-state index < -0.39 is 5.97 Å². The van der Waals surface area contributed by atoms with Gasteiger partial charge in [-0.25, -0.2) is 0 Å². The van der Waals surface area contributed by atoms with Crippen molar-refractivity contribution >= 4 is 0 Å². The molecule has 0 fully saturated rings. The van der Waals surface area contributed by atoms with Crippen LogP contribution in [0.1, 0.15) is 5.56 Å². The van der Waals surface area contributed by atoms with Crippen LogP contribution >= 0.6 is 0 Å². The van der Waals surface area contributed by atoms with Gasteiger partial charge in [0.2, 0.25) is 0 Å². The minimum absolute atomic E-state index is 0.780. The summed E-state index contributed by atoms with van der Waals surface area (Å²) < 4.78 is 15.5. The van der Waals surface area contributed by atoms with E-state index in [1.54, 1.807) is 12.1 Å². The molecular weight excluding hydrogens is 168 g/mol. The summed E-state index contributed by atoms with van der Waals surface area (Å²) in [5.74, 6) is -1.11. The second kappa shape index (κ2) is 4.37. The molecule has 71 valence electrons. The van der Waals surface area contributed by atoms with Crippen molar-refractivity contribution in [3.63, 3.8) is 0 Å². The highest BCUT2D eigenvalue weighted by Gasteiger charge is 2.31. The largest absolute Gasteiger partial charge is 0.327 e. The van der Waals surface area contributed by atoms with Crippen LogP contribution in [0, 0.1) is 6.07 Å². The summed E-state index contributed by atoms with van der Waals surface area (Å²) in [7, 11) is 4.58. The Morgan fingerprint density at radius 2 is 1.77 bits per heavy atom. The third-order valence-corrected chi connectivity index (χ3v) is 1.87. The predicted octanol–water partition coefficient (Wildman–Crippen LogP) is 1.54. The van der Waals surface area contributed by atoms with Crippen molar-refractivity contribution in [2.75, 3.05) is 21.3 Å². The second-order valence-electron chi connectivity index (χ2n) is 2.46. The molecule has 3 heteroatoms. The molecule has 1 rings (SSSR count). The molecule has 0 amide bonds. The lowest BCUT2D eigenvalue weighted by molar-refractivity contribution is -0.364. The Kier molecular flexibility index (Phi) is 3.42. The zero-order valence-electron chi connectivity index (χ0n) is 8.03. The molecule has 13 heavy (non-hydrogen) atoms. The molecule has 0 aliphatic rings. The summed E-state index contributed by atoms with van der Waals surface area (Å²) in [6, 6.07) is 10.2. The summed E-state index contributed by atoms with van der Waals surface area (Å²) in [6.07, 6.45) is 0. The van der Waals surface area contributed by atoms with Crippen LogP contribution in [0.4, 0.5) is 0 Å². The first kappa shape index (κ1) is 10.2. The number of benzene rings is 1. The van der Waals surface area contributed by atoms with Crippen molar-refractivity contribution in [2.24, 2.45) is 0 Å². The first-order chi connectivity index (χ1) is 6.29. The zero-order valence-corrected chi connectivity index (χ0v) is 8.03. The normalized spacial score (nSPS) is 11.6. The topological polar surface area (TPSA) is 27.7 Å². The highest BCUT2D eigenvalue weighted by atomic mass is 16.9. The molecule has 1 aromatic rings. The maximum atomic E-state index is 5.16. The average Bonchev–Trinajstić information content (AvgIpc) is 2.23. The summed E-state index contributed by atoms with van der Waals surface area (Å²) in [5.41, 5.74) is 0.780. The summed E-state index contributed by atoms with van der Waals surface area (Å²) >= 11 is 0. The Bertz CT molecular complexity index is 233. The Morgan fingerprint density at radius 1 is 1.15 bits per heavy atom. The smallest absolute Gasteiger partial charge is 0.311 e. The standard InChI is InChI=1S/C10H13O3/c1-11-10(12-2,13-3)9-7-5-4-6-8-9/h4-5,7-8H,1-3H3. The number of ether oxygens (including phenoxy) is 3. The van der Waals surface area contributed by atoms with Crippen LogP contribution in [-0.4, -0.2) is 21.3 Å². The van der Waals surface area contributed by atoms with Crippen molar-refractivity contribution < 1.29 is 14.2 Å². The van der Waals surface area contributed by atoms with Gasteiger partial charge in [-0.05, 0) is 12.1 Å². The fourth-order valence-corrected chi connectivity index (χ4v) is 1.19. The summed E-state index contributed by atoms with van der Waals surface area (Å²) in [4.78, 5) is 0. The number of hydrogen-bond acceptors (Lipinski definition) is 3. The minimum atomic E-state index is -1.11. The van der Waals surface area contributed by atoms with Gasteiger partial charge >= 0.3 is 5.97 Å². The molecule has 0 aromatic heterocycles. The van der Waals surface area contributed by atoms with E-state index in [0.29, 0.717) is 0 Å². The monoisotopic (exact) mass is 181 g/mol. The molecule has 0 spiro atoms. The van der Waals surface area contributed by atoms with E-state index in [0.717, 1.165) is 5.56 Å². The van der Waals surface area contributed by atoms with Crippen LogP contribution in [0.25, 0.3) is 0 Å². The van der Waals surface area contributed by atoms with Crippen LogP contribution in [-0.2, 0) is 20.2 Å². The Morgan fingerprint density at radius 3 is 2.15 bits per heavy atom. The zero-order chi connectivity index (χ0) is 9.73. The molecular formula is C10H13O3. The van der Waals surface area contributed by atoms with Gasteiger partial charge in [0, 0.05) is 26.9 Å². The number of methoxy groups -OCH3 is 3. The van der Waals surface area contributed by atoms with Gasteiger partial charge in [-0.15, -0.1) is 0 Å². The Balaban J connectivity index is 3.01. The summed E-state index contributed by atoms with van der Waals surface area (Å²) in [6.45, 7) is 0. The van der Waals surface area contributed by atoms with E-state index in [4.69, 9.17) is 14.2 Å². The van der Waals surface area contributed by atoms with Crippen LogP contribution in [0.2, 0.25) is 0 Å². The third-order valence-electron chi connectivity index (χ3n) is 1.87. The molecule has 0 unspecified atom stereocenters. The molecule has 0 saturated carbocycles. The van der Waals surface area contributed by atoms with Gasteiger partial charge in [0.25, 0.3) is 0 Å². The molecule has 0 aliphatic carbocycles. The lowest BCUT2D eigenvalue weighted by Gasteiger charge is -2.28. The van der Waals surface area contributed by atoms with E-state index in [1.807, 2.05) is 12.1 Å². The van der Waals surface area contributed by atoms with E-state index >= 15 is 0 Å². The average molecular weight is 181 g/mol.